The van der Waals surface area contributed by atoms with E-state index in [2.05, 4.69) is 49.1 Å². The molecular weight excluding hydrogens is 841 g/mol. The number of rotatable bonds is 18. The summed E-state index contributed by atoms with van der Waals surface area (Å²) in [5, 5.41) is 26.3. The van der Waals surface area contributed by atoms with Gasteiger partial charge in [-0.15, -0.1) is 15.3 Å². The summed E-state index contributed by atoms with van der Waals surface area (Å²) in [7, 11) is 0. The first kappa shape index (κ1) is 41.7. The van der Waals surface area contributed by atoms with Crippen LogP contribution >= 0.6 is 0 Å². The van der Waals surface area contributed by atoms with E-state index in [0.29, 0.717) is 91.5 Å². The van der Waals surface area contributed by atoms with E-state index >= 15 is 0 Å². The Hall–Kier alpha value is -8.28. The average molecular weight is 883 g/mol. The summed E-state index contributed by atoms with van der Waals surface area (Å²) < 4.78 is 5.26. The van der Waals surface area contributed by atoms with Gasteiger partial charge in [0.15, 0.2) is 0 Å². The van der Waals surface area contributed by atoms with E-state index in [-0.39, 0.29) is 55.1 Å². The maximum atomic E-state index is 12.8. The summed E-state index contributed by atoms with van der Waals surface area (Å²) in [6.45, 7) is 2.06. The maximum absolute atomic E-state index is 12.8. The van der Waals surface area contributed by atoms with E-state index in [1.807, 2.05) is 18.6 Å². The van der Waals surface area contributed by atoms with Gasteiger partial charge in [0.2, 0.25) is 0 Å². The van der Waals surface area contributed by atoms with Crippen LogP contribution in [0.5, 0.6) is 0 Å². The number of aromatic nitrogens is 9. The van der Waals surface area contributed by atoms with Crippen LogP contribution in [0.15, 0.2) is 110 Å². The summed E-state index contributed by atoms with van der Waals surface area (Å²) in [6.07, 6.45) is 8.79. The van der Waals surface area contributed by atoms with Gasteiger partial charge in [0.1, 0.15) is 0 Å². The first-order valence-electron chi connectivity index (χ1n) is 21.8. The van der Waals surface area contributed by atoms with Crippen LogP contribution in [-0.4, -0.2) is 115 Å². The molecule has 0 aliphatic carbocycles. The van der Waals surface area contributed by atoms with Crippen LogP contribution in [0.4, 0.5) is 0 Å². The van der Waals surface area contributed by atoms with Crippen LogP contribution in [0.1, 0.15) is 115 Å². The molecule has 4 aromatic carbocycles. The molecule has 6 amide bonds. The fraction of sp³-hybridized carbons (Fsp3) is 0.250. The molecule has 0 bridgehead atoms. The summed E-state index contributed by atoms with van der Waals surface area (Å²) in [5.41, 5.74) is 7.63. The van der Waals surface area contributed by atoms with Crippen molar-refractivity contribution in [1.82, 2.24) is 59.7 Å². The monoisotopic (exact) mass is 882 g/mol. The molecule has 0 atom stereocenters. The smallest absolute Gasteiger partial charge is 0.261 e. The molecule has 0 saturated heterocycles. The zero-order valence-corrected chi connectivity index (χ0v) is 35.7. The average Bonchev–Trinajstić information content (AvgIpc) is 4.19. The van der Waals surface area contributed by atoms with E-state index in [0.717, 1.165) is 33.8 Å². The Balaban J connectivity index is 0.792. The Morgan fingerprint density at radius 2 is 0.591 bits per heavy atom. The molecular formula is C48H42N12O6. The van der Waals surface area contributed by atoms with Crippen molar-refractivity contribution < 1.29 is 28.8 Å². The summed E-state index contributed by atoms with van der Waals surface area (Å²) >= 11 is 0. The number of carbonyl (C=O) groups excluding carboxylic acids is 6. The highest BCUT2D eigenvalue weighted by Crippen LogP contribution is 2.26. The third-order valence-electron chi connectivity index (χ3n) is 12.0. The molecule has 0 spiro atoms. The Kier molecular flexibility index (Phi) is 11.2. The summed E-state index contributed by atoms with van der Waals surface area (Å²) in [6, 6.07) is 26.8. The van der Waals surface area contributed by atoms with Crippen LogP contribution < -0.4 is 0 Å². The van der Waals surface area contributed by atoms with Gasteiger partial charge in [-0.1, -0.05) is 70.2 Å². The number of fused-ring (bicyclic) bond motifs is 3. The van der Waals surface area contributed by atoms with E-state index in [9.17, 15) is 28.8 Å². The zero-order chi connectivity index (χ0) is 45.3. The minimum atomic E-state index is -0.279. The molecule has 0 radical (unpaired) electrons. The van der Waals surface area contributed by atoms with Crippen LogP contribution in [0.2, 0.25) is 0 Å². The number of imide groups is 3. The van der Waals surface area contributed by atoms with Crippen molar-refractivity contribution in [3.05, 3.63) is 177 Å². The van der Waals surface area contributed by atoms with Gasteiger partial charge in [-0.25, -0.2) is 14.0 Å². The van der Waals surface area contributed by atoms with Crippen molar-refractivity contribution in [2.45, 2.75) is 58.2 Å². The van der Waals surface area contributed by atoms with Gasteiger partial charge in [-0.05, 0) is 91.6 Å². The van der Waals surface area contributed by atoms with E-state index in [1.54, 1.807) is 86.8 Å². The highest BCUT2D eigenvalue weighted by molar-refractivity contribution is 6.22. The van der Waals surface area contributed by atoms with Gasteiger partial charge in [-0.2, -0.15) is 0 Å². The standard InChI is InChI=1S/C48H42N12O6/c61-43-37-13-1-2-14-38(37)44(62)58(43)19-7-10-34-28-55(52-49-34)25-31-22-32(26-56-29-35(50-53-56)11-8-20-59-45(63)39-15-3-4-16-40(39)46(59)64)24-33(23-31)27-57-30-36(51-54-57)12-9-21-60-47(65)41-17-5-6-18-42(41)48(60)66/h1-6,13-18,22-24,28-30H,7-12,19-21,25-27H2. The highest BCUT2D eigenvalue weighted by atomic mass is 16.2. The number of amides is 6. The van der Waals surface area contributed by atoms with Crippen molar-refractivity contribution in [3.63, 3.8) is 0 Å². The number of hydrogen-bond donors (Lipinski definition) is 0. The zero-order valence-electron chi connectivity index (χ0n) is 35.7. The largest absolute Gasteiger partial charge is 0.274 e. The third-order valence-corrected chi connectivity index (χ3v) is 12.0. The molecule has 7 aromatic rings. The van der Waals surface area contributed by atoms with E-state index in [1.165, 1.54) is 14.7 Å². The summed E-state index contributed by atoms with van der Waals surface area (Å²) in [5.74, 6) is -1.68. The Morgan fingerprint density at radius 3 is 0.833 bits per heavy atom. The quantitative estimate of drug-likeness (QED) is 0.111. The maximum Gasteiger partial charge on any atom is 0.261 e. The lowest BCUT2D eigenvalue weighted by Gasteiger charge is -2.12. The highest BCUT2D eigenvalue weighted by Gasteiger charge is 2.36. The third kappa shape index (κ3) is 8.31. The number of aryl methyl sites for hydroxylation is 3. The summed E-state index contributed by atoms with van der Waals surface area (Å²) in [4.78, 5) is 80.9. The van der Waals surface area contributed by atoms with Crippen molar-refractivity contribution in [1.29, 1.82) is 0 Å². The first-order valence-corrected chi connectivity index (χ1v) is 21.8. The lowest BCUT2D eigenvalue weighted by atomic mass is 10.1. The van der Waals surface area contributed by atoms with Gasteiger partial charge in [0.25, 0.3) is 35.4 Å². The number of carbonyl (C=O) groups is 6. The van der Waals surface area contributed by atoms with Gasteiger partial charge in [-0.3, -0.25) is 43.5 Å². The van der Waals surface area contributed by atoms with Crippen molar-refractivity contribution in [2.24, 2.45) is 0 Å². The van der Waals surface area contributed by atoms with Gasteiger partial charge in [0, 0.05) is 38.2 Å². The molecule has 3 aliphatic heterocycles. The molecule has 18 nitrogen and oxygen atoms in total. The molecule has 6 heterocycles. The second-order valence-electron chi connectivity index (χ2n) is 16.6. The molecule has 3 aromatic heterocycles. The van der Waals surface area contributed by atoms with Crippen LogP contribution in [-0.2, 0) is 38.9 Å². The molecule has 330 valence electrons. The minimum Gasteiger partial charge on any atom is -0.274 e. The predicted molar refractivity (Wildman–Crippen MR) is 234 cm³/mol. The Bertz CT molecular complexity index is 2640. The van der Waals surface area contributed by atoms with Crippen LogP contribution in [0.3, 0.4) is 0 Å². The molecule has 0 saturated carbocycles. The minimum absolute atomic E-state index is 0.276. The van der Waals surface area contributed by atoms with Gasteiger partial charge >= 0.3 is 0 Å². The molecule has 3 aliphatic rings. The Morgan fingerprint density at radius 1 is 0.348 bits per heavy atom. The van der Waals surface area contributed by atoms with Gasteiger partial charge in [0.05, 0.1) is 70.1 Å². The molecule has 66 heavy (non-hydrogen) atoms. The predicted octanol–water partition coefficient (Wildman–Crippen LogP) is 4.29. The lowest BCUT2D eigenvalue weighted by molar-refractivity contribution is 0.0637. The van der Waals surface area contributed by atoms with Crippen molar-refractivity contribution >= 4 is 35.4 Å². The second-order valence-corrected chi connectivity index (χ2v) is 16.6. The molecule has 0 unspecified atom stereocenters. The van der Waals surface area contributed by atoms with Crippen LogP contribution in [0, 0.1) is 0 Å². The Labute approximate surface area is 377 Å². The van der Waals surface area contributed by atoms with E-state index in [4.69, 9.17) is 0 Å². The normalized spacial score (nSPS) is 14.3. The van der Waals surface area contributed by atoms with Gasteiger partial charge < -0.3 is 0 Å². The number of hydrogen-bond acceptors (Lipinski definition) is 12. The van der Waals surface area contributed by atoms with E-state index < -0.39 is 0 Å². The molecule has 0 N–H and O–H groups in total. The molecule has 0 fully saturated rings. The lowest BCUT2D eigenvalue weighted by Crippen LogP contribution is -2.30. The SMILES string of the molecule is O=C1c2ccccc2C(=O)N1CCCc1cn(Cc2cc(Cn3cc(CCCN4C(=O)c5ccccc5C4=O)nn3)cc(Cn3cc(CCCN4C(=O)c5ccccc5C4=O)nn3)c2)nn1. The molecule has 18 heteroatoms. The van der Waals surface area contributed by atoms with Crippen molar-refractivity contribution in [2.75, 3.05) is 19.6 Å². The number of benzene rings is 4. The fourth-order valence-corrected chi connectivity index (χ4v) is 8.85. The molecule has 10 rings (SSSR count). The first-order chi connectivity index (χ1) is 32.2. The van der Waals surface area contributed by atoms with Crippen LogP contribution in [0.25, 0.3) is 0 Å². The topological polar surface area (TPSA) is 204 Å². The van der Waals surface area contributed by atoms with Crippen molar-refractivity contribution in [3.8, 4) is 0 Å². The number of nitrogens with zero attached hydrogens (tertiary/aromatic N) is 12. The fourth-order valence-electron chi connectivity index (χ4n) is 8.85. The second kappa shape index (κ2) is 17.7.